The van der Waals surface area contributed by atoms with Crippen LogP contribution in [-0.4, -0.2) is 60.2 Å². The fraction of sp³-hybridized carbons (Fsp3) is 0.333. The van der Waals surface area contributed by atoms with Crippen LogP contribution in [0.15, 0.2) is 107 Å². The molecule has 0 saturated heterocycles. The molecule has 10 nitrogen and oxygen atoms in total. The molecule has 6 rings (SSSR count). The van der Waals surface area contributed by atoms with Crippen LogP contribution in [-0.2, 0) is 44.9 Å². The van der Waals surface area contributed by atoms with Crippen molar-refractivity contribution in [1.82, 2.24) is 20.9 Å². The number of primary amides is 1. The second kappa shape index (κ2) is 19.5. The number of nitrogens with zero attached hydrogens (tertiary/aromatic N) is 1. The van der Waals surface area contributed by atoms with Crippen molar-refractivity contribution in [2.24, 2.45) is 11.5 Å². The maximum Gasteiger partial charge on any atom is 0.417 e. The van der Waals surface area contributed by atoms with Crippen molar-refractivity contribution in [2.75, 3.05) is 13.6 Å². The number of nitrogens with two attached hydrogens (primary N) is 2. The lowest BCUT2D eigenvalue weighted by atomic mass is 9.97. The molecule has 14 heteroatoms. The summed E-state index contributed by atoms with van der Waals surface area (Å²) in [5.74, 6) is -2.28. The van der Waals surface area contributed by atoms with Gasteiger partial charge in [-0.15, -0.1) is 0 Å². The number of allylic oxidation sites excluding steroid dienone is 1. The number of carbonyl (C=O) groups excluding carboxylic acids is 4. The fourth-order valence-electron chi connectivity index (χ4n) is 7.54. The molecular weight excluding hydrogens is 778 g/mol. The van der Waals surface area contributed by atoms with Gasteiger partial charge in [-0.2, -0.15) is 13.2 Å². The summed E-state index contributed by atoms with van der Waals surface area (Å²) in [6.07, 6.45) is -0.833. The Hall–Kier alpha value is -5.44. The number of nitrogens with one attached hydrogen (secondary N) is 3. The maximum atomic E-state index is 15.2. The molecule has 0 fully saturated rings. The van der Waals surface area contributed by atoms with Crippen LogP contribution >= 0.6 is 11.8 Å². The first kappa shape index (κ1) is 43.1. The van der Waals surface area contributed by atoms with Gasteiger partial charge in [-0.25, -0.2) is 0 Å². The Morgan fingerprint density at radius 3 is 2.27 bits per heavy atom. The highest BCUT2D eigenvalue weighted by Crippen LogP contribution is 2.45. The fourth-order valence-corrected chi connectivity index (χ4v) is 8.72. The number of unbranched alkanes of at least 4 members (excludes halogenated alkanes) is 1. The van der Waals surface area contributed by atoms with Gasteiger partial charge >= 0.3 is 6.18 Å². The molecule has 0 saturated carbocycles. The SMILES string of the molecule is CN1C(=O)[C@H](CCCCN)NC(=O)[C@H](CCC(N)=O)NCc2ccccc2Sc2c(cc(-c3ccccc3)cc2C(F)(F)F)CNC(=O)[C@@H]1CC1=CCc2ccccc21. The Labute approximate surface area is 346 Å². The summed E-state index contributed by atoms with van der Waals surface area (Å²) < 4.78 is 45.6. The molecule has 7 N–H and O–H groups in total. The van der Waals surface area contributed by atoms with E-state index in [0.29, 0.717) is 47.4 Å². The summed E-state index contributed by atoms with van der Waals surface area (Å²) in [4.78, 5) is 56.9. The second-order valence-electron chi connectivity index (χ2n) is 14.8. The highest BCUT2D eigenvalue weighted by atomic mass is 32.2. The third-order valence-electron chi connectivity index (χ3n) is 10.8. The third-order valence-corrected chi connectivity index (χ3v) is 12.1. The molecule has 59 heavy (non-hydrogen) atoms. The second-order valence-corrected chi connectivity index (χ2v) is 15.9. The summed E-state index contributed by atoms with van der Waals surface area (Å²) in [6, 6.07) is 23.0. The molecule has 4 aromatic rings. The van der Waals surface area contributed by atoms with Crippen molar-refractivity contribution in [1.29, 1.82) is 0 Å². The highest BCUT2D eigenvalue weighted by molar-refractivity contribution is 7.99. The van der Waals surface area contributed by atoms with Gasteiger partial charge in [-0.3, -0.25) is 19.2 Å². The number of carbonyl (C=O) groups is 4. The standard InChI is InChI=1S/C45H49F3N6O4S/c1-54-38(25-30-19-18-29-13-5-7-15-34(29)30)43(57)52-27-33-23-32(28-11-3-2-4-12-28)24-35(45(46,47)48)41(33)59-39-17-8-6-14-31(39)26-51-36(20-21-40(50)55)42(56)53-37(44(54)58)16-9-10-22-49/h2-8,11-15,17,19,23-24,36-38,51H,9-10,16,18,20-22,25-27,49H2,1H3,(H2,50,55)(H,52,57)(H,53,56)/t36-,37-,38-/m0/s1. The third kappa shape index (κ3) is 10.8. The van der Waals surface area contributed by atoms with E-state index < -0.39 is 53.5 Å². The van der Waals surface area contributed by atoms with Gasteiger partial charge < -0.3 is 32.3 Å². The number of hydrogen-bond acceptors (Lipinski definition) is 7. The van der Waals surface area contributed by atoms with Gasteiger partial charge in [0.25, 0.3) is 0 Å². The molecule has 0 radical (unpaired) electrons. The van der Waals surface area contributed by atoms with Gasteiger partial charge in [-0.1, -0.05) is 90.6 Å². The minimum absolute atomic E-state index is 0.00204. The van der Waals surface area contributed by atoms with Gasteiger partial charge in [0.2, 0.25) is 23.6 Å². The van der Waals surface area contributed by atoms with Crippen LogP contribution < -0.4 is 27.4 Å². The van der Waals surface area contributed by atoms with Crippen LogP contribution in [0.1, 0.15) is 66.3 Å². The number of hydrogen-bond donors (Lipinski definition) is 5. The predicted octanol–water partition coefficient (Wildman–Crippen LogP) is 6.35. The summed E-state index contributed by atoms with van der Waals surface area (Å²) in [7, 11) is 1.50. The smallest absolute Gasteiger partial charge is 0.370 e. The number of likely N-dealkylation sites (N-methyl/N-ethyl adjacent to an activating group) is 1. The van der Waals surface area contributed by atoms with Crippen molar-refractivity contribution in [3.05, 3.63) is 125 Å². The zero-order valence-corrected chi connectivity index (χ0v) is 33.6. The molecule has 1 aliphatic heterocycles. The number of benzene rings is 4. The van der Waals surface area contributed by atoms with Crippen LogP contribution in [0.2, 0.25) is 0 Å². The van der Waals surface area contributed by atoms with Crippen LogP contribution in [0.25, 0.3) is 16.7 Å². The lowest BCUT2D eigenvalue weighted by Crippen LogP contribution is -2.56. The summed E-state index contributed by atoms with van der Waals surface area (Å²) >= 11 is 0.922. The molecule has 310 valence electrons. The van der Waals surface area contributed by atoms with Gasteiger partial charge in [0.05, 0.1) is 11.6 Å². The molecule has 0 aromatic heterocycles. The normalized spacial score (nSPS) is 19.1. The number of halogens is 3. The zero-order valence-electron chi connectivity index (χ0n) is 32.8. The van der Waals surface area contributed by atoms with Crippen LogP contribution in [0.5, 0.6) is 0 Å². The van der Waals surface area contributed by atoms with E-state index in [1.165, 1.54) is 11.9 Å². The molecule has 0 unspecified atom stereocenters. The Morgan fingerprint density at radius 1 is 0.831 bits per heavy atom. The van der Waals surface area contributed by atoms with Crippen molar-refractivity contribution < 1.29 is 32.3 Å². The van der Waals surface area contributed by atoms with E-state index in [1.54, 1.807) is 60.7 Å². The van der Waals surface area contributed by atoms with Gasteiger partial charge in [0.1, 0.15) is 12.1 Å². The lowest BCUT2D eigenvalue weighted by Gasteiger charge is -2.32. The molecule has 1 aliphatic carbocycles. The maximum absolute atomic E-state index is 15.2. The minimum atomic E-state index is -4.77. The van der Waals surface area contributed by atoms with Gasteiger partial charge in [-0.05, 0) is 95.8 Å². The Bertz CT molecular complexity index is 2200. The molecule has 2 aliphatic rings. The number of fused-ring (bicyclic) bond motifs is 3. The van der Waals surface area contributed by atoms with Gasteiger partial charge in [0, 0.05) is 42.8 Å². The van der Waals surface area contributed by atoms with Crippen molar-refractivity contribution in [3.8, 4) is 11.1 Å². The number of alkyl halides is 3. The summed E-state index contributed by atoms with van der Waals surface area (Å²) in [5, 5.41) is 9.00. The van der Waals surface area contributed by atoms with Crippen LogP contribution in [0.3, 0.4) is 0 Å². The molecule has 0 bridgehead atoms. The van der Waals surface area contributed by atoms with E-state index in [0.717, 1.165) is 34.5 Å². The molecular formula is C45H49F3N6O4S. The summed E-state index contributed by atoms with van der Waals surface area (Å²) in [6.45, 7) is 0.137. The quantitative estimate of drug-likeness (QED) is 0.117. The predicted molar refractivity (Wildman–Crippen MR) is 222 cm³/mol. The monoisotopic (exact) mass is 826 g/mol. The van der Waals surface area contributed by atoms with E-state index in [1.807, 2.05) is 30.3 Å². The van der Waals surface area contributed by atoms with E-state index >= 15 is 13.2 Å². The first-order valence-corrected chi connectivity index (χ1v) is 20.5. The van der Waals surface area contributed by atoms with Crippen LogP contribution in [0.4, 0.5) is 13.2 Å². The molecule has 4 aromatic carbocycles. The van der Waals surface area contributed by atoms with Crippen LogP contribution in [0, 0.1) is 0 Å². The Kier molecular flexibility index (Phi) is 14.3. The van der Waals surface area contributed by atoms with E-state index in [9.17, 15) is 19.2 Å². The molecule has 0 spiro atoms. The highest BCUT2D eigenvalue weighted by Gasteiger charge is 2.38. The lowest BCUT2D eigenvalue weighted by molar-refractivity contribution is -0.142. The summed E-state index contributed by atoms with van der Waals surface area (Å²) in [5.41, 5.74) is 15.0. The van der Waals surface area contributed by atoms with Crippen molar-refractivity contribution in [2.45, 2.75) is 92.1 Å². The Balaban J connectivity index is 1.48. The van der Waals surface area contributed by atoms with Crippen molar-refractivity contribution in [3.63, 3.8) is 0 Å². The molecule has 1 heterocycles. The van der Waals surface area contributed by atoms with E-state index in [2.05, 4.69) is 16.0 Å². The largest absolute Gasteiger partial charge is 0.417 e. The number of rotatable bonds is 10. The first-order chi connectivity index (χ1) is 28.3. The average molecular weight is 827 g/mol. The van der Waals surface area contributed by atoms with Gasteiger partial charge in [0.15, 0.2) is 0 Å². The average Bonchev–Trinajstić information content (AvgIpc) is 3.64. The zero-order chi connectivity index (χ0) is 42.1. The number of amides is 4. The molecule has 4 amide bonds. The molecule has 3 atom stereocenters. The van der Waals surface area contributed by atoms with Crippen molar-refractivity contribution >= 4 is 41.0 Å². The van der Waals surface area contributed by atoms with E-state index in [4.69, 9.17) is 11.5 Å². The van der Waals surface area contributed by atoms with E-state index in [-0.39, 0.29) is 49.2 Å². The topological polar surface area (TPSA) is 160 Å². The minimum Gasteiger partial charge on any atom is -0.370 e. The first-order valence-electron chi connectivity index (χ1n) is 19.7. The Morgan fingerprint density at radius 2 is 1.54 bits per heavy atom.